The molecule has 2 rings (SSSR count). The van der Waals surface area contributed by atoms with Crippen LogP contribution in [0.15, 0.2) is 24.4 Å². The lowest BCUT2D eigenvalue weighted by atomic mass is 10.1. The van der Waals surface area contributed by atoms with E-state index in [2.05, 4.69) is 5.10 Å². The number of aromatic nitrogens is 2. The van der Waals surface area contributed by atoms with Crippen LogP contribution in [0.5, 0.6) is 0 Å². The van der Waals surface area contributed by atoms with Gasteiger partial charge in [0.15, 0.2) is 0 Å². The Bertz CT molecular complexity index is 560. The first-order valence-corrected chi connectivity index (χ1v) is 5.92. The summed E-state index contributed by atoms with van der Waals surface area (Å²) in [6.45, 7) is 4.22. The monoisotopic (exact) mass is 248 g/mol. The number of hydrogen-bond acceptors (Lipinski definition) is 4. The first-order chi connectivity index (χ1) is 8.61. The van der Waals surface area contributed by atoms with Gasteiger partial charge >= 0.3 is 5.97 Å². The van der Waals surface area contributed by atoms with Gasteiger partial charge in [-0.05, 0) is 26.0 Å². The van der Waals surface area contributed by atoms with E-state index in [1.165, 1.54) is 0 Å². The highest BCUT2D eigenvalue weighted by molar-refractivity contribution is 5.94. The molecular weight excluding hydrogens is 232 g/mol. The number of rotatable bonds is 4. The third-order valence-electron chi connectivity index (χ3n) is 2.59. The maximum Gasteiger partial charge on any atom is 0.338 e. The average molecular weight is 248 g/mol. The smallest absolute Gasteiger partial charge is 0.338 e. The summed E-state index contributed by atoms with van der Waals surface area (Å²) in [6, 6.07) is 5.28. The van der Waals surface area contributed by atoms with Crippen LogP contribution in [0.4, 0.5) is 0 Å². The summed E-state index contributed by atoms with van der Waals surface area (Å²) in [5, 5.41) is 14.5. The molecule has 0 spiro atoms. The Kier molecular flexibility index (Phi) is 3.62. The maximum absolute atomic E-state index is 11.6. The predicted octanol–water partition coefficient (Wildman–Crippen LogP) is 1.59. The zero-order chi connectivity index (χ0) is 13.1. The Labute approximate surface area is 105 Å². The van der Waals surface area contributed by atoms with E-state index >= 15 is 0 Å². The second-order valence-electron chi connectivity index (χ2n) is 4.17. The van der Waals surface area contributed by atoms with Crippen molar-refractivity contribution in [2.24, 2.45) is 0 Å². The minimum atomic E-state index is -0.487. The third kappa shape index (κ3) is 2.51. The molecule has 0 bridgehead atoms. The van der Waals surface area contributed by atoms with Gasteiger partial charge in [-0.3, -0.25) is 4.68 Å². The molecule has 0 saturated heterocycles. The standard InChI is InChI=1S/C13H16N2O3/c1-3-18-13(17)10-4-5-11-7-14-15(8-9(2)16)12(11)6-10/h4-7,9,16H,3,8H2,1-2H3/t9-/m1/s1. The molecule has 18 heavy (non-hydrogen) atoms. The van der Waals surface area contributed by atoms with E-state index in [1.54, 1.807) is 36.9 Å². The number of fused-ring (bicyclic) bond motifs is 1. The van der Waals surface area contributed by atoms with E-state index in [-0.39, 0.29) is 5.97 Å². The molecular formula is C13H16N2O3. The minimum absolute atomic E-state index is 0.343. The van der Waals surface area contributed by atoms with E-state index in [0.29, 0.717) is 18.7 Å². The second-order valence-corrected chi connectivity index (χ2v) is 4.17. The lowest BCUT2D eigenvalue weighted by molar-refractivity contribution is 0.0526. The summed E-state index contributed by atoms with van der Waals surface area (Å²) in [6.07, 6.45) is 1.23. The summed E-state index contributed by atoms with van der Waals surface area (Å²) < 4.78 is 6.64. The van der Waals surface area contributed by atoms with Gasteiger partial charge in [0, 0.05) is 5.39 Å². The molecule has 96 valence electrons. The highest BCUT2D eigenvalue weighted by atomic mass is 16.5. The van der Waals surface area contributed by atoms with Crippen molar-refractivity contribution in [3.63, 3.8) is 0 Å². The number of nitrogens with zero attached hydrogens (tertiary/aromatic N) is 2. The molecule has 0 fully saturated rings. The Hall–Kier alpha value is -1.88. The van der Waals surface area contributed by atoms with Gasteiger partial charge in [0.1, 0.15) is 0 Å². The molecule has 0 amide bonds. The molecule has 1 heterocycles. The molecule has 2 aromatic rings. The summed E-state index contributed by atoms with van der Waals surface area (Å²) in [5.74, 6) is -0.343. The van der Waals surface area contributed by atoms with Crippen molar-refractivity contribution >= 4 is 16.9 Å². The van der Waals surface area contributed by atoms with Gasteiger partial charge < -0.3 is 9.84 Å². The Morgan fingerprint density at radius 3 is 3.00 bits per heavy atom. The van der Waals surface area contributed by atoms with Crippen molar-refractivity contribution in [2.75, 3.05) is 6.61 Å². The average Bonchev–Trinajstić information content (AvgIpc) is 2.71. The van der Waals surface area contributed by atoms with Crippen molar-refractivity contribution in [3.05, 3.63) is 30.0 Å². The van der Waals surface area contributed by atoms with Crippen molar-refractivity contribution in [3.8, 4) is 0 Å². The lowest BCUT2D eigenvalue weighted by Gasteiger charge is -2.07. The molecule has 0 saturated carbocycles. The Morgan fingerprint density at radius 2 is 2.33 bits per heavy atom. The number of aliphatic hydroxyl groups excluding tert-OH is 1. The first kappa shape index (κ1) is 12.6. The number of hydrogen-bond donors (Lipinski definition) is 1. The summed E-state index contributed by atoms with van der Waals surface area (Å²) in [4.78, 5) is 11.6. The molecule has 5 heteroatoms. The van der Waals surface area contributed by atoms with Crippen molar-refractivity contribution in [2.45, 2.75) is 26.5 Å². The van der Waals surface area contributed by atoms with E-state index < -0.39 is 6.10 Å². The fraction of sp³-hybridized carbons (Fsp3) is 0.385. The first-order valence-electron chi connectivity index (χ1n) is 5.92. The van der Waals surface area contributed by atoms with Crippen LogP contribution in [0.2, 0.25) is 0 Å². The normalized spacial score (nSPS) is 12.6. The number of aliphatic hydroxyl groups is 1. The summed E-state index contributed by atoms with van der Waals surface area (Å²) in [5.41, 5.74) is 1.32. The van der Waals surface area contributed by atoms with Crippen LogP contribution >= 0.6 is 0 Å². The molecule has 0 aliphatic heterocycles. The molecule has 0 radical (unpaired) electrons. The predicted molar refractivity (Wildman–Crippen MR) is 67.4 cm³/mol. The van der Waals surface area contributed by atoms with Crippen LogP contribution in [0.1, 0.15) is 24.2 Å². The minimum Gasteiger partial charge on any atom is -0.462 e. The molecule has 1 N–H and O–H groups in total. The highest BCUT2D eigenvalue weighted by Crippen LogP contribution is 2.17. The molecule has 1 aromatic carbocycles. The van der Waals surface area contributed by atoms with Crippen LogP contribution in [-0.2, 0) is 11.3 Å². The zero-order valence-corrected chi connectivity index (χ0v) is 10.5. The number of ether oxygens (including phenoxy) is 1. The van der Waals surface area contributed by atoms with Crippen molar-refractivity contribution in [1.29, 1.82) is 0 Å². The molecule has 5 nitrogen and oxygen atoms in total. The van der Waals surface area contributed by atoms with Gasteiger partial charge in [0.25, 0.3) is 0 Å². The second kappa shape index (κ2) is 5.18. The van der Waals surface area contributed by atoms with E-state index in [4.69, 9.17) is 4.74 Å². The van der Waals surface area contributed by atoms with Gasteiger partial charge in [-0.2, -0.15) is 5.10 Å². The molecule has 1 aromatic heterocycles. The maximum atomic E-state index is 11.6. The van der Waals surface area contributed by atoms with Crippen molar-refractivity contribution in [1.82, 2.24) is 9.78 Å². The molecule has 1 atom stereocenters. The Balaban J connectivity index is 2.39. The number of esters is 1. The molecule has 0 aliphatic carbocycles. The van der Waals surface area contributed by atoms with Gasteiger partial charge in [-0.25, -0.2) is 4.79 Å². The van der Waals surface area contributed by atoms with Crippen molar-refractivity contribution < 1.29 is 14.6 Å². The largest absolute Gasteiger partial charge is 0.462 e. The number of carbonyl (C=O) groups is 1. The fourth-order valence-electron chi connectivity index (χ4n) is 1.81. The van der Waals surface area contributed by atoms with Gasteiger partial charge in [0.05, 0.1) is 36.5 Å². The van der Waals surface area contributed by atoms with E-state index in [9.17, 15) is 9.90 Å². The quantitative estimate of drug-likeness (QED) is 0.835. The summed E-state index contributed by atoms with van der Waals surface area (Å²) >= 11 is 0. The van der Waals surface area contributed by atoms with Crippen LogP contribution in [0, 0.1) is 0 Å². The van der Waals surface area contributed by atoms with Crippen LogP contribution in [0.3, 0.4) is 0 Å². The SMILES string of the molecule is CCOC(=O)c1ccc2cnn(C[C@@H](C)O)c2c1. The number of carbonyl (C=O) groups excluding carboxylic acids is 1. The number of benzene rings is 1. The van der Waals surface area contributed by atoms with Crippen LogP contribution < -0.4 is 0 Å². The van der Waals surface area contributed by atoms with Crippen LogP contribution in [0.25, 0.3) is 10.9 Å². The Morgan fingerprint density at radius 1 is 1.56 bits per heavy atom. The van der Waals surface area contributed by atoms with E-state index in [0.717, 1.165) is 10.9 Å². The van der Waals surface area contributed by atoms with Gasteiger partial charge in [-0.15, -0.1) is 0 Å². The zero-order valence-electron chi connectivity index (χ0n) is 10.5. The van der Waals surface area contributed by atoms with E-state index in [1.807, 2.05) is 6.07 Å². The highest BCUT2D eigenvalue weighted by Gasteiger charge is 2.10. The topological polar surface area (TPSA) is 64.3 Å². The molecule has 0 unspecified atom stereocenters. The fourth-order valence-corrected chi connectivity index (χ4v) is 1.81. The van der Waals surface area contributed by atoms with Gasteiger partial charge in [-0.1, -0.05) is 6.07 Å². The summed E-state index contributed by atoms with van der Waals surface area (Å²) in [7, 11) is 0. The molecule has 0 aliphatic rings. The van der Waals surface area contributed by atoms with Crippen LogP contribution in [-0.4, -0.2) is 33.6 Å². The third-order valence-corrected chi connectivity index (χ3v) is 2.59. The van der Waals surface area contributed by atoms with Gasteiger partial charge in [0.2, 0.25) is 0 Å². The lowest BCUT2D eigenvalue weighted by Crippen LogP contribution is -2.13.